The van der Waals surface area contributed by atoms with E-state index in [1.54, 1.807) is 6.20 Å². The number of hydrogen-bond acceptors (Lipinski definition) is 3. The molecule has 0 saturated heterocycles. The SMILES string of the molecule is CC(C)(C)c1cc(-c2cccc(Cl)c2-c2cn[nH]n2)c(O)c(C(C)(C)C)c1. The Bertz CT molecular complexity index is 964. The molecule has 1 aromatic heterocycles. The summed E-state index contributed by atoms with van der Waals surface area (Å²) < 4.78 is 0. The van der Waals surface area contributed by atoms with Crippen molar-refractivity contribution in [3.8, 4) is 28.1 Å². The first kappa shape index (κ1) is 19.4. The third-order valence-electron chi connectivity index (χ3n) is 4.76. The van der Waals surface area contributed by atoms with E-state index in [0.29, 0.717) is 10.7 Å². The molecule has 0 unspecified atom stereocenters. The minimum Gasteiger partial charge on any atom is -0.507 e. The molecule has 142 valence electrons. The molecule has 0 bridgehead atoms. The number of rotatable bonds is 2. The van der Waals surface area contributed by atoms with Crippen molar-refractivity contribution in [1.29, 1.82) is 0 Å². The van der Waals surface area contributed by atoms with E-state index in [2.05, 4.69) is 69.1 Å². The zero-order chi connectivity index (χ0) is 20.0. The Hall–Kier alpha value is -2.33. The summed E-state index contributed by atoms with van der Waals surface area (Å²) in [5.74, 6) is 0.280. The summed E-state index contributed by atoms with van der Waals surface area (Å²) in [5, 5.41) is 22.5. The lowest BCUT2D eigenvalue weighted by molar-refractivity contribution is 0.446. The highest BCUT2D eigenvalue weighted by atomic mass is 35.5. The lowest BCUT2D eigenvalue weighted by atomic mass is 9.77. The van der Waals surface area contributed by atoms with Gasteiger partial charge < -0.3 is 5.11 Å². The van der Waals surface area contributed by atoms with Gasteiger partial charge >= 0.3 is 0 Å². The van der Waals surface area contributed by atoms with Crippen molar-refractivity contribution in [2.24, 2.45) is 0 Å². The van der Waals surface area contributed by atoms with Gasteiger partial charge in [-0.05, 0) is 34.1 Å². The maximum absolute atomic E-state index is 11.2. The van der Waals surface area contributed by atoms with E-state index in [0.717, 1.165) is 27.8 Å². The Balaban J connectivity index is 2.38. The van der Waals surface area contributed by atoms with Gasteiger partial charge in [-0.1, -0.05) is 71.3 Å². The number of hydrogen-bond donors (Lipinski definition) is 2. The monoisotopic (exact) mass is 383 g/mol. The second-order valence-corrected chi connectivity index (χ2v) is 9.34. The molecule has 2 N–H and O–H groups in total. The molecule has 3 aromatic rings. The van der Waals surface area contributed by atoms with Crippen LogP contribution in [0.15, 0.2) is 36.5 Å². The molecule has 2 aromatic carbocycles. The fraction of sp³-hybridized carbons (Fsp3) is 0.364. The van der Waals surface area contributed by atoms with E-state index >= 15 is 0 Å². The van der Waals surface area contributed by atoms with E-state index in [4.69, 9.17) is 11.6 Å². The Morgan fingerprint density at radius 2 is 1.67 bits per heavy atom. The Labute approximate surface area is 165 Å². The minimum atomic E-state index is -0.202. The van der Waals surface area contributed by atoms with Crippen LogP contribution in [-0.4, -0.2) is 20.5 Å². The Morgan fingerprint density at radius 3 is 2.22 bits per heavy atom. The van der Waals surface area contributed by atoms with Crippen molar-refractivity contribution in [2.75, 3.05) is 0 Å². The van der Waals surface area contributed by atoms with Gasteiger partial charge in [-0.15, -0.1) is 0 Å². The zero-order valence-electron chi connectivity index (χ0n) is 16.7. The number of nitrogens with one attached hydrogen (secondary N) is 1. The van der Waals surface area contributed by atoms with Crippen LogP contribution in [-0.2, 0) is 10.8 Å². The normalized spacial score (nSPS) is 12.4. The van der Waals surface area contributed by atoms with Crippen molar-refractivity contribution in [3.05, 3.63) is 52.7 Å². The number of phenolic OH excluding ortho intramolecular Hbond substituents is 1. The fourth-order valence-corrected chi connectivity index (χ4v) is 3.45. The molecule has 0 saturated carbocycles. The average Bonchev–Trinajstić information content (AvgIpc) is 3.06. The third kappa shape index (κ3) is 3.72. The highest BCUT2D eigenvalue weighted by Crippen LogP contribution is 2.45. The maximum Gasteiger partial charge on any atom is 0.127 e. The van der Waals surface area contributed by atoms with Crippen LogP contribution < -0.4 is 0 Å². The number of halogens is 1. The van der Waals surface area contributed by atoms with Gasteiger partial charge in [0.25, 0.3) is 0 Å². The van der Waals surface area contributed by atoms with Gasteiger partial charge in [0.1, 0.15) is 11.4 Å². The van der Waals surface area contributed by atoms with Crippen molar-refractivity contribution < 1.29 is 5.11 Å². The van der Waals surface area contributed by atoms with Crippen molar-refractivity contribution in [2.45, 2.75) is 52.4 Å². The molecule has 0 amide bonds. The topological polar surface area (TPSA) is 61.8 Å². The highest BCUT2D eigenvalue weighted by molar-refractivity contribution is 6.34. The minimum absolute atomic E-state index is 0.0604. The van der Waals surface area contributed by atoms with Gasteiger partial charge in [0.2, 0.25) is 0 Å². The van der Waals surface area contributed by atoms with Crippen LogP contribution in [0.4, 0.5) is 0 Å². The molecule has 27 heavy (non-hydrogen) atoms. The van der Waals surface area contributed by atoms with Crippen molar-refractivity contribution in [1.82, 2.24) is 15.4 Å². The third-order valence-corrected chi connectivity index (χ3v) is 5.07. The molecule has 0 fully saturated rings. The molecule has 5 heteroatoms. The number of aromatic nitrogens is 3. The number of aromatic hydroxyl groups is 1. The Morgan fingerprint density at radius 1 is 0.963 bits per heavy atom. The number of benzene rings is 2. The molecular weight excluding hydrogens is 358 g/mol. The largest absolute Gasteiger partial charge is 0.507 e. The first-order valence-electron chi connectivity index (χ1n) is 9.03. The number of phenols is 1. The lowest BCUT2D eigenvalue weighted by Crippen LogP contribution is -2.17. The fourth-order valence-electron chi connectivity index (χ4n) is 3.18. The van der Waals surface area contributed by atoms with E-state index < -0.39 is 0 Å². The Kier molecular flexibility index (Phi) is 4.81. The van der Waals surface area contributed by atoms with Crippen LogP contribution in [0.5, 0.6) is 5.75 Å². The van der Waals surface area contributed by atoms with E-state index in [1.807, 2.05) is 18.2 Å². The number of H-pyrrole nitrogens is 1. The first-order chi connectivity index (χ1) is 12.5. The molecule has 0 radical (unpaired) electrons. The quantitative estimate of drug-likeness (QED) is 0.562. The molecule has 0 atom stereocenters. The second-order valence-electron chi connectivity index (χ2n) is 8.94. The molecule has 3 rings (SSSR count). The van der Waals surface area contributed by atoms with E-state index in [1.165, 1.54) is 0 Å². The lowest BCUT2D eigenvalue weighted by Gasteiger charge is -2.28. The van der Waals surface area contributed by atoms with Crippen LogP contribution in [0.25, 0.3) is 22.4 Å². The second kappa shape index (κ2) is 6.68. The van der Waals surface area contributed by atoms with Crippen LogP contribution in [0.2, 0.25) is 5.02 Å². The smallest absolute Gasteiger partial charge is 0.127 e. The summed E-state index contributed by atoms with van der Waals surface area (Å²) in [4.78, 5) is 0. The molecule has 0 aliphatic heterocycles. The van der Waals surface area contributed by atoms with Crippen LogP contribution in [0, 0.1) is 0 Å². The van der Waals surface area contributed by atoms with Gasteiger partial charge in [0.05, 0.1) is 11.2 Å². The number of aromatic amines is 1. The molecule has 1 heterocycles. The van der Waals surface area contributed by atoms with E-state index in [9.17, 15) is 5.11 Å². The number of nitrogens with zero attached hydrogens (tertiary/aromatic N) is 2. The molecule has 0 aliphatic carbocycles. The highest BCUT2D eigenvalue weighted by Gasteiger charge is 2.27. The maximum atomic E-state index is 11.2. The van der Waals surface area contributed by atoms with E-state index in [-0.39, 0.29) is 16.6 Å². The predicted octanol–water partition coefficient (Wildman–Crippen LogP) is 6.09. The first-order valence-corrected chi connectivity index (χ1v) is 9.41. The standard InChI is InChI=1S/C22H26ClN3O/c1-21(2,3)13-10-15(20(27)16(11-13)22(4,5)6)14-8-7-9-17(23)19(14)18-12-24-26-25-18/h7-12,27H,1-6H3,(H,24,25,26). The molecule has 0 aliphatic rings. The van der Waals surface area contributed by atoms with Crippen LogP contribution in [0.1, 0.15) is 52.7 Å². The van der Waals surface area contributed by atoms with Crippen molar-refractivity contribution >= 4 is 11.6 Å². The summed E-state index contributed by atoms with van der Waals surface area (Å²) in [6.45, 7) is 12.8. The van der Waals surface area contributed by atoms with Crippen LogP contribution >= 0.6 is 11.6 Å². The predicted molar refractivity (Wildman–Crippen MR) is 111 cm³/mol. The van der Waals surface area contributed by atoms with Gasteiger partial charge in [-0.25, -0.2) is 0 Å². The van der Waals surface area contributed by atoms with Crippen molar-refractivity contribution in [3.63, 3.8) is 0 Å². The van der Waals surface area contributed by atoms with Gasteiger partial charge in [0.15, 0.2) is 0 Å². The summed E-state index contributed by atoms with van der Waals surface area (Å²) >= 11 is 6.52. The average molecular weight is 384 g/mol. The summed E-state index contributed by atoms with van der Waals surface area (Å²) in [6, 6.07) is 9.84. The molecule has 4 nitrogen and oxygen atoms in total. The molecule has 0 spiro atoms. The van der Waals surface area contributed by atoms with Gasteiger partial charge in [-0.3, -0.25) is 0 Å². The summed E-state index contributed by atoms with van der Waals surface area (Å²) in [7, 11) is 0. The van der Waals surface area contributed by atoms with Crippen LogP contribution in [0.3, 0.4) is 0 Å². The zero-order valence-corrected chi connectivity index (χ0v) is 17.4. The summed E-state index contributed by atoms with van der Waals surface area (Å²) in [5.41, 5.74) is 4.81. The van der Waals surface area contributed by atoms with Gasteiger partial charge in [-0.2, -0.15) is 15.4 Å². The molecular formula is C22H26ClN3O. The summed E-state index contributed by atoms with van der Waals surface area (Å²) in [6.07, 6.45) is 1.64. The van der Waals surface area contributed by atoms with Gasteiger partial charge in [0, 0.05) is 16.7 Å².